The lowest BCUT2D eigenvalue weighted by molar-refractivity contribution is 1.18. The van der Waals surface area contributed by atoms with Crippen LogP contribution in [-0.2, 0) is 0 Å². The van der Waals surface area contributed by atoms with E-state index in [9.17, 15) is 0 Å². The van der Waals surface area contributed by atoms with Gasteiger partial charge in [-0.05, 0) is 30.2 Å². The zero-order chi connectivity index (χ0) is 30.1. The fraction of sp³-hybridized carbons (Fsp3) is 0. The maximum atomic E-state index is 9.07. The number of benzene rings is 4. The van der Waals surface area contributed by atoms with Crippen molar-refractivity contribution < 1.29 is 20.6 Å². The minimum Gasteiger partial charge on any atom is -0.354 e. The van der Waals surface area contributed by atoms with Crippen molar-refractivity contribution in [3.8, 4) is 5.69 Å². The van der Waals surface area contributed by atoms with Crippen molar-refractivity contribution in [3.05, 3.63) is 90.6 Å². The zero-order valence-electron chi connectivity index (χ0n) is 27.9. The van der Waals surface area contributed by atoms with Gasteiger partial charge in [0.1, 0.15) is 0 Å². The highest BCUT2D eigenvalue weighted by atomic mass is 15.0. The van der Waals surface area contributed by atoms with Crippen molar-refractivity contribution in [3.63, 3.8) is 0 Å². The summed E-state index contributed by atoms with van der Waals surface area (Å²) in [6.07, 6.45) is 0. The van der Waals surface area contributed by atoms with Crippen LogP contribution < -0.4 is 0 Å². The minimum atomic E-state index is -0.679. The van der Waals surface area contributed by atoms with Gasteiger partial charge in [-0.15, -0.1) is 0 Å². The number of nitrogens with one attached hydrogen (secondary N) is 1. The highest BCUT2D eigenvalue weighted by Crippen LogP contribution is 2.33. The molecule has 6 rings (SSSR count). The molecule has 0 amide bonds. The second kappa shape index (κ2) is 4.99. The van der Waals surface area contributed by atoms with E-state index in [1.807, 2.05) is 0 Å². The molecule has 0 aliphatic rings. The van der Waals surface area contributed by atoms with Crippen molar-refractivity contribution in [2.24, 2.45) is 0 Å². The van der Waals surface area contributed by atoms with Gasteiger partial charge in [0.15, 0.2) is 0 Å². The predicted molar refractivity (Wildman–Crippen MR) is 110 cm³/mol. The van der Waals surface area contributed by atoms with Gasteiger partial charge in [0.25, 0.3) is 0 Å². The van der Waals surface area contributed by atoms with Gasteiger partial charge in [-0.3, -0.25) is 0 Å². The molecule has 0 unspecified atom stereocenters. The first kappa shape index (κ1) is 5.75. The van der Waals surface area contributed by atoms with Crippen LogP contribution in [0.2, 0.25) is 0 Å². The van der Waals surface area contributed by atoms with Gasteiger partial charge in [0.05, 0.1) is 31.6 Å². The third-order valence-corrected chi connectivity index (χ3v) is 4.24. The molecule has 0 atom stereocenters. The second-order valence-electron chi connectivity index (χ2n) is 5.63. The number of para-hydroxylation sites is 3. The van der Waals surface area contributed by atoms with Crippen LogP contribution >= 0.6 is 0 Å². The Morgan fingerprint density at radius 1 is 0.577 bits per heavy atom. The molecule has 0 aliphatic heterocycles. The summed E-state index contributed by atoms with van der Waals surface area (Å²) in [4.78, 5) is 2.77. The number of aromatic nitrogens is 2. The Labute approximate surface area is 171 Å². The lowest BCUT2D eigenvalue weighted by atomic mass is 10.1. The lowest BCUT2D eigenvalue weighted by Crippen LogP contribution is -1.93. The molecule has 0 fully saturated rings. The van der Waals surface area contributed by atoms with E-state index in [1.165, 1.54) is 0 Å². The van der Waals surface area contributed by atoms with Crippen molar-refractivity contribution in [1.82, 2.24) is 9.55 Å². The van der Waals surface area contributed by atoms with Crippen molar-refractivity contribution in [1.29, 1.82) is 0 Å². The fourth-order valence-electron chi connectivity index (χ4n) is 3.15. The second-order valence-corrected chi connectivity index (χ2v) is 5.63. The van der Waals surface area contributed by atoms with E-state index in [2.05, 4.69) is 4.98 Å². The molecule has 0 bridgehead atoms. The molecule has 2 heteroatoms. The molecule has 2 nitrogen and oxygen atoms in total. The number of fused-ring (bicyclic) bond motifs is 6. The molecule has 2 heterocycles. The molecule has 26 heavy (non-hydrogen) atoms. The van der Waals surface area contributed by atoms with Gasteiger partial charge in [-0.2, -0.15) is 0 Å². The summed E-state index contributed by atoms with van der Waals surface area (Å²) in [7, 11) is 0. The molecule has 0 radical (unpaired) electrons. The molecular weight excluding hydrogens is 316 g/mol. The highest BCUT2D eigenvalue weighted by Gasteiger charge is 2.12. The van der Waals surface area contributed by atoms with E-state index in [0.29, 0.717) is 0 Å². The van der Waals surface area contributed by atoms with Crippen LogP contribution in [-0.4, -0.2) is 9.55 Å². The van der Waals surface area contributed by atoms with Crippen LogP contribution in [0.3, 0.4) is 0 Å². The van der Waals surface area contributed by atoms with Crippen LogP contribution in [0, 0.1) is 0 Å². The number of nitrogens with zero attached hydrogens (tertiary/aromatic N) is 1. The van der Waals surface area contributed by atoms with E-state index in [1.54, 1.807) is 0 Å². The summed E-state index contributed by atoms with van der Waals surface area (Å²) in [6, 6.07) is -8.88. The average molecular weight is 347 g/mol. The predicted octanol–water partition coefficient (Wildman–Crippen LogP) is 6.42. The Kier molecular flexibility index (Phi) is 1.10. The van der Waals surface area contributed by atoms with E-state index in [0.717, 1.165) is 4.57 Å². The van der Waals surface area contributed by atoms with Crippen LogP contribution in [0.15, 0.2) is 90.6 Å². The quantitative estimate of drug-likeness (QED) is 0.354. The van der Waals surface area contributed by atoms with Gasteiger partial charge >= 0.3 is 0 Å². The summed E-state index contributed by atoms with van der Waals surface area (Å²) in [6.45, 7) is 0. The highest BCUT2D eigenvalue weighted by molar-refractivity contribution is 6.10. The maximum Gasteiger partial charge on any atom is 0.0667 e. The molecule has 122 valence electrons. The third kappa shape index (κ3) is 1.76. The minimum absolute atomic E-state index is 0.101. The van der Waals surface area contributed by atoms with Crippen molar-refractivity contribution >= 4 is 43.6 Å². The molecule has 2 aromatic heterocycles. The molecule has 4 aromatic carbocycles. The van der Waals surface area contributed by atoms with E-state index in [-0.39, 0.29) is 43.6 Å². The smallest absolute Gasteiger partial charge is 0.0667 e. The van der Waals surface area contributed by atoms with Gasteiger partial charge in [-0.1, -0.05) is 60.4 Å². The summed E-state index contributed by atoms with van der Waals surface area (Å²) < 4.78 is 128. The Hall–Kier alpha value is -3.52. The van der Waals surface area contributed by atoms with E-state index >= 15 is 0 Å². The monoisotopic (exact) mass is 347 g/mol. The molecular formula is C24H16N2. The molecule has 0 saturated carbocycles. The van der Waals surface area contributed by atoms with Crippen molar-refractivity contribution in [2.75, 3.05) is 0 Å². The Morgan fingerprint density at radius 3 is 1.88 bits per heavy atom. The standard InChI is InChI=1S/C24H16N2/c1-4-10-21-17(7-1)18-14-13-16(15-22(18)25-21)26-23-11-5-2-8-19(23)20-9-3-6-12-24(20)26/h1-15,25H/i1D,2D,3D,4D,5D,6D,7D,8D,9D,10D,11D,12D,13D,14D,15D. The molecule has 6 aromatic rings. The van der Waals surface area contributed by atoms with Gasteiger partial charge in [0, 0.05) is 38.3 Å². The normalized spacial score (nSPS) is 19.9. The first-order chi connectivity index (χ1) is 19.1. The molecule has 1 N–H and O–H groups in total. The molecule has 0 saturated heterocycles. The number of H-pyrrole nitrogens is 1. The van der Waals surface area contributed by atoms with Crippen LogP contribution in [0.25, 0.3) is 49.3 Å². The summed E-state index contributed by atoms with van der Waals surface area (Å²) in [5, 5.41) is -0.731. The summed E-state index contributed by atoms with van der Waals surface area (Å²) in [5.41, 5.74) is -1.33. The van der Waals surface area contributed by atoms with Gasteiger partial charge in [0.2, 0.25) is 0 Å². The fourth-order valence-corrected chi connectivity index (χ4v) is 3.15. The number of rotatable bonds is 1. The SMILES string of the molecule is [2H]c1c([2H])c([2H])c2c([nH]c3c([2H])c(-n4c5c([2H])c([2H])c([2H])c([2H])c5c5c([2H])c([2H])c([2H])c([2H])c54)c([2H])c([2H])c32)c1[2H]. The average Bonchev–Trinajstić information content (AvgIpc) is 3.52. The number of hydrogen-bond donors (Lipinski definition) is 1. The third-order valence-electron chi connectivity index (χ3n) is 4.24. The lowest BCUT2D eigenvalue weighted by Gasteiger charge is -2.08. The molecule has 0 spiro atoms. The van der Waals surface area contributed by atoms with Gasteiger partial charge in [-0.25, -0.2) is 0 Å². The topological polar surface area (TPSA) is 20.7 Å². The van der Waals surface area contributed by atoms with E-state index < -0.39 is 96.3 Å². The Balaban J connectivity index is 1.96. The first-order valence-corrected chi connectivity index (χ1v) is 7.67. The van der Waals surface area contributed by atoms with Crippen LogP contribution in [0.4, 0.5) is 0 Å². The largest absolute Gasteiger partial charge is 0.354 e. The number of hydrogen-bond acceptors (Lipinski definition) is 0. The zero-order valence-corrected chi connectivity index (χ0v) is 12.9. The Bertz CT molecular complexity index is 2130. The molecule has 0 aliphatic carbocycles. The Morgan fingerprint density at radius 2 is 1.15 bits per heavy atom. The van der Waals surface area contributed by atoms with Crippen LogP contribution in [0.5, 0.6) is 0 Å². The maximum absolute atomic E-state index is 9.07. The summed E-state index contributed by atoms with van der Waals surface area (Å²) >= 11 is 0. The van der Waals surface area contributed by atoms with Crippen molar-refractivity contribution in [2.45, 2.75) is 0 Å². The summed E-state index contributed by atoms with van der Waals surface area (Å²) in [5.74, 6) is 0. The van der Waals surface area contributed by atoms with Crippen LogP contribution in [0.1, 0.15) is 20.6 Å². The number of aromatic amines is 1. The van der Waals surface area contributed by atoms with E-state index in [4.69, 9.17) is 20.6 Å². The first-order valence-electron chi connectivity index (χ1n) is 15.2. The van der Waals surface area contributed by atoms with Gasteiger partial charge < -0.3 is 9.55 Å².